The van der Waals surface area contributed by atoms with Gasteiger partial charge in [0.1, 0.15) is 5.75 Å². The first kappa shape index (κ1) is 12.0. The van der Waals surface area contributed by atoms with Crippen molar-refractivity contribution in [2.75, 3.05) is 24.7 Å². The first-order valence-corrected chi connectivity index (χ1v) is 6.06. The van der Waals surface area contributed by atoms with Gasteiger partial charge in [-0.05, 0) is 25.0 Å². The van der Waals surface area contributed by atoms with E-state index in [2.05, 4.69) is 5.32 Å². The number of aliphatic hydroxyl groups excluding tert-OH is 1. The zero-order chi connectivity index (χ0) is 12.3. The van der Waals surface area contributed by atoms with Crippen LogP contribution in [0.1, 0.15) is 19.3 Å². The zero-order valence-corrected chi connectivity index (χ0v) is 10.1. The molecule has 0 radical (unpaired) electrons. The van der Waals surface area contributed by atoms with Gasteiger partial charge in [-0.15, -0.1) is 0 Å². The molecular weight excluding hydrogens is 216 g/mol. The molecule has 0 saturated heterocycles. The minimum absolute atomic E-state index is 0.172. The third kappa shape index (κ3) is 2.82. The van der Waals surface area contributed by atoms with Gasteiger partial charge in [-0.25, -0.2) is 0 Å². The molecule has 2 unspecified atom stereocenters. The van der Waals surface area contributed by atoms with Gasteiger partial charge in [-0.3, -0.25) is 0 Å². The van der Waals surface area contributed by atoms with Gasteiger partial charge in [0.15, 0.2) is 0 Å². The van der Waals surface area contributed by atoms with Crippen LogP contribution in [-0.2, 0) is 0 Å². The monoisotopic (exact) mass is 236 g/mol. The van der Waals surface area contributed by atoms with Crippen LogP contribution in [0, 0.1) is 5.92 Å². The van der Waals surface area contributed by atoms with E-state index in [1.165, 1.54) is 0 Å². The Labute approximate surface area is 102 Å². The van der Waals surface area contributed by atoms with Gasteiger partial charge in [0, 0.05) is 18.5 Å². The van der Waals surface area contributed by atoms with Crippen molar-refractivity contribution >= 4 is 11.4 Å². The quantitative estimate of drug-likeness (QED) is 0.698. The first-order chi connectivity index (χ1) is 8.20. The third-order valence-corrected chi connectivity index (χ3v) is 3.43. The van der Waals surface area contributed by atoms with Crippen LogP contribution in [0.5, 0.6) is 5.75 Å². The molecule has 0 heterocycles. The van der Waals surface area contributed by atoms with E-state index in [4.69, 9.17) is 10.5 Å². The molecule has 1 aromatic rings. The van der Waals surface area contributed by atoms with Crippen LogP contribution in [0.15, 0.2) is 18.2 Å². The summed E-state index contributed by atoms with van der Waals surface area (Å²) in [4.78, 5) is 0. The van der Waals surface area contributed by atoms with Gasteiger partial charge in [0.05, 0.1) is 24.6 Å². The molecule has 94 valence electrons. The topological polar surface area (TPSA) is 67.5 Å². The number of rotatable bonds is 4. The van der Waals surface area contributed by atoms with Crippen molar-refractivity contribution in [2.45, 2.75) is 25.4 Å². The molecule has 0 aliphatic heterocycles. The van der Waals surface area contributed by atoms with Crippen molar-refractivity contribution in [3.05, 3.63) is 18.2 Å². The average Bonchev–Trinajstić information content (AvgIpc) is 2.74. The van der Waals surface area contributed by atoms with E-state index in [0.29, 0.717) is 11.6 Å². The van der Waals surface area contributed by atoms with Crippen LogP contribution in [0.25, 0.3) is 0 Å². The molecule has 4 nitrogen and oxygen atoms in total. The van der Waals surface area contributed by atoms with Crippen molar-refractivity contribution in [2.24, 2.45) is 5.92 Å². The number of benzene rings is 1. The molecule has 0 aromatic heterocycles. The molecule has 2 atom stereocenters. The van der Waals surface area contributed by atoms with Crippen molar-refractivity contribution in [3.63, 3.8) is 0 Å². The summed E-state index contributed by atoms with van der Waals surface area (Å²) in [5.41, 5.74) is 7.47. The van der Waals surface area contributed by atoms with E-state index in [9.17, 15) is 5.11 Å². The number of hydrogen-bond donors (Lipinski definition) is 3. The third-order valence-electron chi connectivity index (χ3n) is 3.43. The summed E-state index contributed by atoms with van der Waals surface area (Å²) in [6.07, 6.45) is 2.94. The summed E-state index contributed by atoms with van der Waals surface area (Å²) in [5.74, 6) is 1.12. The largest absolute Gasteiger partial charge is 0.497 e. The standard InChI is InChI=1S/C13H20N2O2/c1-17-10-5-6-11(14)12(7-10)15-8-9-3-2-4-13(9)16/h5-7,9,13,15-16H,2-4,8,14H2,1H3. The number of hydrogen-bond acceptors (Lipinski definition) is 4. The summed E-state index contributed by atoms with van der Waals surface area (Å²) in [5, 5.41) is 13.0. The molecule has 17 heavy (non-hydrogen) atoms. The maximum atomic E-state index is 9.74. The molecule has 4 heteroatoms. The van der Waals surface area contributed by atoms with E-state index in [1.807, 2.05) is 18.2 Å². The van der Waals surface area contributed by atoms with Crippen molar-refractivity contribution < 1.29 is 9.84 Å². The Hall–Kier alpha value is -1.42. The Morgan fingerprint density at radius 3 is 2.94 bits per heavy atom. The fraction of sp³-hybridized carbons (Fsp3) is 0.538. The highest BCUT2D eigenvalue weighted by atomic mass is 16.5. The molecule has 0 bridgehead atoms. The SMILES string of the molecule is COc1ccc(N)c(NCC2CCCC2O)c1. The lowest BCUT2D eigenvalue weighted by atomic mass is 10.1. The van der Waals surface area contributed by atoms with E-state index >= 15 is 0 Å². The van der Waals surface area contributed by atoms with Crippen LogP contribution in [-0.4, -0.2) is 24.9 Å². The fourth-order valence-corrected chi connectivity index (χ4v) is 2.31. The second-order valence-electron chi connectivity index (χ2n) is 4.59. The van der Waals surface area contributed by atoms with Gasteiger partial charge >= 0.3 is 0 Å². The number of nitrogens with one attached hydrogen (secondary N) is 1. The smallest absolute Gasteiger partial charge is 0.121 e. The number of anilines is 2. The van der Waals surface area contributed by atoms with Crippen molar-refractivity contribution in [1.82, 2.24) is 0 Å². The molecule has 1 aliphatic rings. The normalized spacial score (nSPS) is 23.6. The summed E-state index contributed by atoms with van der Waals surface area (Å²) in [7, 11) is 1.63. The highest BCUT2D eigenvalue weighted by Gasteiger charge is 2.24. The lowest BCUT2D eigenvalue weighted by Crippen LogP contribution is -2.22. The minimum Gasteiger partial charge on any atom is -0.497 e. The van der Waals surface area contributed by atoms with E-state index < -0.39 is 0 Å². The average molecular weight is 236 g/mol. The van der Waals surface area contributed by atoms with Gasteiger partial charge in [0.2, 0.25) is 0 Å². The highest BCUT2D eigenvalue weighted by molar-refractivity contribution is 5.68. The Kier molecular flexibility index (Phi) is 3.74. The summed E-state index contributed by atoms with van der Waals surface area (Å²) < 4.78 is 5.16. The predicted octanol–water partition coefficient (Wildman–Crippen LogP) is 1.85. The maximum absolute atomic E-state index is 9.74. The minimum atomic E-state index is -0.172. The van der Waals surface area contributed by atoms with E-state index in [-0.39, 0.29) is 6.10 Å². The number of aliphatic hydroxyl groups is 1. The molecule has 0 amide bonds. The molecule has 0 spiro atoms. The Morgan fingerprint density at radius 2 is 2.29 bits per heavy atom. The van der Waals surface area contributed by atoms with Crippen LogP contribution < -0.4 is 15.8 Å². The molecule has 1 saturated carbocycles. The maximum Gasteiger partial charge on any atom is 0.121 e. The summed E-state index contributed by atoms with van der Waals surface area (Å²) in [6.45, 7) is 0.762. The van der Waals surface area contributed by atoms with E-state index in [0.717, 1.165) is 37.2 Å². The number of nitrogen functional groups attached to an aromatic ring is 1. The van der Waals surface area contributed by atoms with Crippen molar-refractivity contribution in [1.29, 1.82) is 0 Å². The molecule has 1 aliphatic carbocycles. The summed E-state index contributed by atoms with van der Waals surface area (Å²) >= 11 is 0. The lowest BCUT2D eigenvalue weighted by molar-refractivity contribution is 0.138. The summed E-state index contributed by atoms with van der Waals surface area (Å²) in [6, 6.07) is 5.55. The fourth-order valence-electron chi connectivity index (χ4n) is 2.31. The Balaban J connectivity index is 1.98. The molecule has 4 N–H and O–H groups in total. The van der Waals surface area contributed by atoms with Gasteiger partial charge in [-0.1, -0.05) is 6.42 Å². The predicted molar refractivity (Wildman–Crippen MR) is 69.2 cm³/mol. The molecule has 1 fully saturated rings. The van der Waals surface area contributed by atoms with Crippen LogP contribution in [0.3, 0.4) is 0 Å². The Bertz CT molecular complexity index is 382. The number of methoxy groups -OCH3 is 1. The second-order valence-corrected chi connectivity index (χ2v) is 4.59. The Morgan fingerprint density at radius 1 is 1.47 bits per heavy atom. The lowest BCUT2D eigenvalue weighted by Gasteiger charge is -2.17. The molecule has 2 rings (SSSR count). The first-order valence-electron chi connectivity index (χ1n) is 6.06. The number of nitrogens with two attached hydrogens (primary N) is 1. The second kappa shape index (κ2) is 5.27. The van der Waals surface area contributed by atoms with E-state index in [1.54, 1.807) is 7.11 Å². The van der Waals surface area contributed by atoms with Gasteiger partial charge in [-0.2, -0.15) is 0 Å². The number of ether oxygens (including phenoxy) is 1. The molecular formula is C13H20N2O2. The van der Waals surface area contributed by atoms with Crippen LogP contribution in [0.4, 0.5) is 11.4 Å². The highest BCUT2D eigenvalue weighted by Crippen LogP contribution is 2.28. The molecule has 1 aromatic carbocycles. The van der Waals surface area contributed by atoms with Crippen LogP contribution in [0.2, 0.25) is 0 Å². The van der Waals surface area contributed by atoms with Gasteiger partial charge in [0.25, 0.3) is 0 Å². The zero-order valence-electron chi connectivity index (χ0n) is 10.1. The van der Waals surface area contributed by atoms with Crippen molar-refractivity contribution in [3.8, 4) is 5.75 Å². The van der Waals surface area contributed by atoms with Gasteiger partial charge < -0.3 is 20.9 Å². The van der Waals surface area contributed by atoms with Crippen LogP contribution >= 0.6 is 0 Å².